The molecule has 0 N–H and O–H groups in total. The highest BCUT2D eigenvalue weighted by Crippen LogP contribution is 2.14. The molecule has 0 aromatic rings. The smallest absolute Gasteiger partial charge is 0.306 e. The van der Waals surface area contributed by atoms with E-state index in [1.807, 2.05) is 6.08 Å². The maximum absolute atomic E-state index is 12.9. The normalized spacial score (nSPS) is 13.1. The van der Waals surface area contributed by atoms with E-state index in [-0.39, 0.29) is 37.5 Å². The number of ether oxygens (including phenoxy) is 3. The topological polar surface area (TPSA) is 78.9 Å². The zero-order valence-electron chi connectivity index (χ0n) is 49.7. The Balaban J connectivity index is 4.44. The second-order valence-electron chi connectivity index (χ2n) is 20.2. The van der Waals surface area contributed by atoms with E-state index in [0.29, 0.717) is 19.3 Å². The second kappa shape index (κ2) is 63.8. The number of carbonyl (C=O) groups is 3. The van der Waals surface area contributed by atoms with E-state index >= 15 is 0 Å². The third-order valence-corrected chi connectivity index (χ3v) is 12.8. The van der Waals surface area contributed by atoms with Gasteiger partial charge in [-0.2, -0.15) is 0 Å². The largest absolute Gasteiger partial charge is 0.462 e. The van der Waals surface area contributed by atoms with Crippen LogP contribution in [-0.4, -0.2) is 37.2 Å². The van der Waals surface area contributed by atoms with Gasteiger partial charge in [-0.1, -0.05) is 263 Å². The molecule has 0 spiro atoms. The number of hydrogen-bond acceptors (Lipinski definition) is 6. The Hall–Kier alpha value is -4.71. The number of allylic oxidation sites excluding steroid dienone is 24. The first-order valence-electron chi connectivity index (χ1n) is 31.3. The summed E-state index contributed by atoms with van der Waals surface area (Å²) in [7, 11) is 0. The Kier molecular flexibility index (Phi) is 59.9. The summed E-state index contributed by atoms with van der Waals surface area (Å²) >= 11 is 0. The van der Waals surface area contributed by atoms with Crippen LogP contribution in [0.5, 0.6) is 0 Å². The molecule has 6 nitrogen and oxygen atoms in total. The van der Waals surface area contributed by atoms with Gasteiger partial charge in [0, 0.05) is 19.3 Å². The van der Waals surface area contributed by atoms with Crippen LogP contribution in [0.25, 0.3) is 0 Å². The Labute approximate surface area is 474 Å². The summed E-state index contributed by atoms with van der Waals surface area (Å²) < 4.78 is 16.8. The molecule has 0 heterocycles. The van der Waals surface area contributed by atoms with Crippen molar-refractivity contribution in [1.29, 1.82) is 0 Å². The third-order valence-electron chi connectivity index (χ3n) is 12.8. The molecule has 1 atom stereocenters. The molecule has 77 heavy (non-hydrogen) atoms. The lowest BCUT2D eigenvalue weighted by Gasteiger charge is -2.18. The molecule has 0 aliphatic carbocycles. The molecule has 0 amide bonds. The first-order chi connectivity index (χ1) is 38.0. The molecule has 1 unspecified atom stereocenters. The molecule has 0 saturated heterocycles. The Bertz CT molecular complexity index is 1700. The van der Waals surface area contributed by atoms with Crippen LogP contribution < -0.4 is 0 Å². The molecule has 0 aromatic carbocycles. The van der Waals surface area contributed by atoms with Crippen LogP contribution in [0.1, 0.15) is 265 Å². The van der Waals surface area contributed by atoms with Gasteiger partial charge in [-0.05, 0) is 128 Å². The molecule has 0 aromatic heterocycles. The zero-order valence-corrected chi connectivity index (χ0v) is 49.7. The van der Waals surface area contributed by atoms with Crippen LogP contribution in [-0.2, 0) is 28.6 Å². The maximum Gasteiger partial charge on any atom is 0.306 e. The molecular weight excluding hydrogens is 949 g/mol. The highest BCUT2D eigenvalue weighted by atomic mass is 16.6. The van der Waals surface area contributed by atoms with Gasteiger partial charge in [-0.25, -0.2) is 0 Å². The van der Waals surface area contributed by atoms with Gasteiger partial charge in [0.05, 0.1) is 0 Å². The van der Waals surface area contributed by atoms with Crippen LogP contribution in [0.15, 0.2) is 146 Å². The lowest BCUT2D eigenvalue weighted by atomic mass is 10.1. The standard InChI is InChI=1S/C71H114O6/c1-4-7-10-13-16-19-22-25-27-29-31-33-34-35-36-38-39-41-43-46-49-52-55-58-61-64-70(73)76-67-68(66-75-69(72)63-60-57-54-51-48-45-24-21-18-15-12-9-6-3)77-71(74)65-62-59-56-53-50-47-44-42-40-37-32-30-28-26-23-20-17-14-11-8-5-2/h7,9-10,12,16,18-19,21,23,25-27,30-33,35-36,39,41,45,48,54,57,68H,4-6,8,11,13-15,17,20,22,24,28-29,34,37-38,40,42-44,46-47,49-53,55-56,58-67H2,1-3H3/b10-7-,12-9-,19-16-,21-18-,26-23-,27-25-,32-30-,33-31-,36-35-,41-39-,48-45-,57-54-. The molecule has 0 rings (SSSR count). The van der Waals surface area contributed by atoms with E-state index in [1.54, 1.807) is 0 Å². The van der Waals surface area contributed by atoms with Crippen molar-refractivity contribution in [2.75, 3.05) is 13.2 Å². The third kappa shape index (κ3) is 62.0. The van der Waals surface area contributed by atoms with Crippen molar-refractivity contribution < 1.29 is 28.6 Å². The first kappa shape index (κ1) is 72.3. The van der Waals surface area contributed by atoms with Crippen molar-refractivity contribution in [3.8, 4) is 0 Å². The van der Waals surface area contributed by atoms with Crippen molar-refractivity contribution in [1.82, 2.24) is 0 Å². The molecule has 6 heteroatoms. The van der Waals surface area contributed by atoms with Crippen molar-refractivity contribution in [3.63, 3.8) is 0 Å². The lowest BCUT2D eigenvalue weighted by molar-refractivity contribution is -0.166. The monoisotopic (exact) mass is 1060 g/mol. The van der Waals surface area contributed by atoms with E-state index in [0.717, 1.165) is 122 Å². The summed E-state index contributed by atoms with van der Waals surface area (Å²) in [5.74, 6) is -1.02. The quantitative estimate of drug-likeness (QED) is 0.0261. The summed E-state index contributed by atoms with van der Waals surface area (Å²) in [5, 5.41) is 0. The molecule has 0 radical (unpaired) electrons. The SMILES string of the molecule is CC/C=C\C/C=C\C/C=C\C/C=C\C/C=C\C/C=C\CCCCCCCCC(=O)OCC(COC(=O)CC/C=C\C/C=C\C/C=C\C/C=C\CC)OC(=O)CCCCCCCCCCC/C=C\C/C=C\CCCCCCC. The van der Waals surface area contributed by atoms with Gasteiger partial charge in [-0.15, -0.1) is 0 Å². The summed E-state index contributed by atoms with van der Waals surface area (Å²) in [6, 6.07) is 0. The zero-order chi connectivity index (χ0) is 55.7. The van der Waals surface area contributed by atoms with E-state index in [4.69, 9.17) is 14.2 Å². The summed E-state index contributed by atoms with van der Waals surface area (Å²) in [6.45, 7) is 6.32. The highest BCUT2D eigenvalue weighted by molar-refractivity contribution is 5.71. The molecule has 0 aliphatic rings. The fourth-order valence-corrected chi connectivity index (χ4v) is 8.20. The second-order valence-corrected chi connectivity index (χ2v) is 20.2. The van der Waals surface area contributed by atoms with E-state index < -0.39 is 6.10 Å². The average Bonchev–Trinajstić information content (AvgIpc) is 3.43. The number of esters is 3. The lowest BCUT2D eigenvalue weighted by Crippen LogP contribution is -2.30. The van der Waals surface area contributed by atoms with E-state index in [9.17, 15) is 14.4 Å². The minimum atomic E-state index is -0.823. The van der Waals surface area contributed by atoms with Crippen molar-refractivity contribution in [2.45, 2.75) is 271 Å². The van der Waals surface area contributed by atoms with Gasteiger partial charge in [0.25, 0.3) is 0 Å². The minimum Gasteiger partial charge on any atom is -0.462 e. The molecular formula is C71H114O6. The van der Waals surface area contributed by atoms with Gasteiger partial charge in [0.1, 0.15) is 13.2 Å². The maximum atomic E-state index is 12.9. The molecule has 434 valence electrons. The van der Waals surface area contributed by atoms with Crippen LogP contribution in [0, 0.1) is 0 Å². The van der Waals surface area contributed by atoms with E-state index in [2.05, 4.69) is 161 Å². The van der Waals surface area contributed by atoms with Crippen molar-refractivity contribution >= 4 is 17.9 Å². The number of rotatable bonds is 55. The molecule has 0 aliphatic heterocycles. The van der Waals surface area contributed by atoms with Gasteiger partial charge < -0.3 is 14.2 Å². The Morgan fingerprint density at radius 1 is 0.273 bits per heavy atom. The number of hydrogen-bond donors (Lipinski definition) is 0. The fraction of sp³-hybridized carbons (Fsp3) is 0.620. The minimum absolute atomic E-state index is 0.115. The summed E-state index contributed by atoms with van der Waals surface area (Å²) in [5.41, 5.74) is 0. The van der Waals surface area contributed by atoms with Crippen molar-refractivity contribution in [2.24, 2.45) is 0 Å². The predicted molar refractivity (Wildman–Crippen MR) is 334 cm³/mol. The molecule has 0 bridgehead atoms. The highest BCUT2D eigenvalue weighted by Gasteiger charge is 2.19. The molecule has 0 saturated carbocycles. The Morgan fingerprint density at radius 3 is 0.870 bits per heavy atom. The van der Waals surface area contributed by atoms with Gasteiger partial charge in [-0.3, -0.25) is 14.4 Å². The summed E-state index contributed by atoms with van der Waals surface area (Å²) in [6.07, 6.45) is 91.5. The van der Waals surface area contributed by atoms with Crippen LogP contribution in [0.2, 0.25) is 0 Å². The van der Waals surface area contributed by atoms with E-state index in [1.165, 1.54) is 96.3 Å². The average molecular weight is 1060 g/mol. The molecule has 0 fully saturated rings. The fourth-order valence-electron chi connectivity index (χ4n) is 8.20. The van der Waals surface area contributed by atoms with Gasteiger partial charge >= 0.3 is 17.9 Å². The van der Waals surface area contributed by atoms with Gasteiger partial charge in [0.15, 0.2) is 6.10 Å². The van der Waals surface area contributed by atoms with Crippen molar-refractivity contribution in [3.05, 3.63) is 146 Å². The van der Waals surface area contributed by atoms with Gasteiger partial charge in [0.2, 0.25) is 0 Å². The number of carbonyl (C=O) groups excluding carboxylic acids is 3. The van der Waals surface area contributed by atoms with Crippen LogP contribution in [0.4, 0.5) is 0 Å². The number of unbranched alkanes of at least 4 members (excludes halogenated alkanes) is 20. The Morgan fingerprint density at radius 2 is 0.532 bits per heavy atom. The first-order valence-corrected chi connectivity index (χ1v) is 31.3. The summed E-state index contributed by atoms with van der Waals surface area (Å²) in [4.78, 5) is 38.2. The van der Waals surface area contributed by atoms with Crippen LogP contribution in [0.3, 0.4) is 0 Å². The predicted octanol–water partition coefficient (Wildman–Crippen LogP) is 21.5. The van der Waals surface area contributed by atoms with Crippen LogP contribution >= 0.6 is 0 Å².